The molecule has 80 valence electrons. The second-order valence-corrected chi connectivity index (χ2v) is 3.77. The number of rotatable bonds is 4. The van der Waals surface area contributed by atoms with Crippen LogP contribution in [0, 0.1) is 5.92 Å². The monoisotopic (exact) mass is 198 g/mol. The van der Waals surface area contributed by atoms with Crippen LogP contribution in [0.3, 0.4) is 0 Å². The first-order valence-electron chi connectivity index (χ1n) is 5.23. The van der Waals surface area contributed by atoms with Crippen molar-refractivity contribution in [2.45, 2.75) is 38.6 Å². The average molecular weight is 198 g/mol. The van der Waals surface area contributed by atoms with Crippen LogP contribution in [-0.4, -0.2) is 24.3 Å². The third-order valence-electron chi connectivity index (χ3n) is 2.75. The zero-order valence-electron chi connectivity index (χ0n) is 8.58. The van der Waals surface area contributed by atoms with Gasteiger partial charge in [-0.25, -0.2) is 0 Å². The molecule has 0 radical (unpaired) electrons. The molecule has 0 aromatic rings. The van der Waals surface area contributed by atoms with Crippen LogP contribution < -0.4 is 11.1 Å². The lowest BCUT2D eigenvalue weighted by atomic mass is 9.90. The van der Waals surface area contributed by atoms with Crippen molar-refractivity contribution >= 4 is 11.7 Å². The van der Waals surface area contributed by atoms with Gasteiger partial charge >= 0.3 is 0 Å². The molecule has 0 aliphatic carbocycles. The van der Waals surface area contributed by atoms with Crippen LogP contribution in [-0.2, 0) is 9.59 Å². The molecule has 1 saturated heterocycles. The highest BCUT2D eigenvalue weighted by Gasteiger charge is 2.29. The minimum Gasteiger partial charge on any atom is -0.369 e. The molecule has 14 heavy (non-hydrogen) atoms. The van der Waals surface area contributed by atoms with Gasteiger partial charge in [-0.05, 0) is 25.8 Å². The first-order chi connectivity index (χ1) is 6.66. The van der Waals surface area contributed by atoms with Gasteiger partial charge in [0.05, 0.1) is 12.0 Å². The fourth-order valence-corrected chi connectivity index (χ4v) is 1.88. The Kier molecular flexibility index (Phi) is 4.07. The first-order valence-corrected chi connectivity index (χ1v) is 5.23. The summed E-state index contributed by atoms with van der Waals surface area (Å²) >= 11 is 0. The van der Waals surface area contributed by atoms with Crippen LogP contribution in [0.2, 0.25) is 0 Å². The normalized spacial score (nSPS) is 24.2. The second-order valence-electron chi connectivity index (χ2n) is 3.77. The molecule has 1 aliphatic heterocycles. The zero-order chi connectivity index (χ0) is 10.6. The van der Waals surface area contributed by atoms with E-state index < -0.39 is 11.8 Å². The van der Waals surface area contributed by atoms with Crippen LogP contribution in [0.5, 0.6) is 0 Å². The van der Waals surface area contributed by atoms with E-state index in [4.69, 9.17) is 5.73 Å². The van der Waals surface area contributed by atoms with Gasteiger partial charge in [-0.2, -0.15) is 0 Å². The number of primary amides is 1. The van der Waals surface area contributed by atoms with E-state index in [0.717, 1.165) is 25.8 Å². The number of ketones is 1. The van der Waals surface area contributed by atoms with E-state index in [2.05, 4.69) is 5.32 Å². The van der Waals surface area contributed by atoms with Gasteiger partial charge in [-0.3, -0.25) is 9.59 Å². The zero-order valence-corrected chi connectivity index (χ0v) is 8.58. The maximum Gasteiger partial charge on any atom is 0.228 e. The number of carbonyl (C=O) groups is 2. The van der Waals surface area contributed by atoms with Gasteiger partial charge in [0.25, 0.3) is 0 Å². The Balaban J connectivity index is 2.56. The lowest BCUT2D eigenvalue weighted by molar-refractivity contribution is -0.133. The van der Waals surface area contributed by atoms with E-state index in [1.54, 1.807) is 0 Å². The van der Waals surface area contributed by atoms with Crippen molar-refractivity contribution in [3.8, 4) is 0 Å². The molecule has 1 fully saturated rings. The summed E-state index contributed by atoms with van der Waals surface area (Å²) in [5.41, 5.74) is 5.17. The van der Waals surface area contributed by atoms with Crippen molar-refractivity contribution in [3.63, 3.8) is 0 Å². The molecule has 1 aliphatic rings. The predicted molar refractivity (Wildman–Crippen MR) is 53.6 cm³/mol. The van der Waals surface area contributed by atoms with Crippen molar-refractivity contribution < 1.29 is 9.59 Å². The standard InChI is InChI=1S/C10H18N2O2/c1-2-7(10(11)14)9(13)8-5-3-4-6-12-8/h7-8,12H,2-6H2,1H3,(H2,11,14). The smallest absolute Gasteiger partial charge is 0.228 e. The molecule has 1 heterocycles. The summed E-state index contributed by atoms with van der Waals surface area (Å²) in [6.07, 6.45) is 3.50. The number of amides is 1. The first kappa shape index (κ1) is 11.2. The molecule has 1 rings (SSSR count). The van der Waals surface area contributed by atoms with E-state index >= 15 is 0 Å². The Bertz CT molecular complexity index is 222. The highest BCUT2D eigenvalue weighted by molar-refractivity contribution is 6.03. The predicted octanol–water partition coefficient (Wildman–Crippen LogP) is 0.209. The van der Waals surface area contributed by atoms with E-state index in [1.807, 2.05) is 6.92 Å². The van der Waals surface area contributed by atoms with Gasteiger partial charge in [0.2, 0.25) is 5.91 Å². The molecular weight excluding hydrogens is 180 g/mol. The van der Waals surface area contributed by atoms with Gasteiger partial charge in [0.1, 0.15) is 0 Å². The fourth-order valence-electron chi connectivity index (χ4n) is 1.88. The number of nitrogens with two attached hydrogens (primary N) is 1. The summed E-state index contributed by atoms with van der Waals surface area (Å²) in [6, 6.07) is -0.152. The second kappa shape index (κ2) is 5.10. The Morgan fingerprint density at radius 2 is 2.21 bits per heavy atom. The van der Waals surface area contributed by atoms with E-state index in [1.165, 1.54) is 0 Å². The summed E-state index contributed by atoms with van der Waals surface area (Å²) in [4.78, 5) is 22.8. The summed E-state index contributed by atoms with van der Waals surface area (Å²) in [7, 11) is 0. The SMILES string of the molecule is CCC(C(N)=O)C(=O)C1CCCCN1. The number of nitrogens with one attached hydrogen (secondary N) is 1. The quantitative estimate of drug-likeness (QED) is 0.634. The molecule has 4 heteroatoms. The largest absolute Gasteiger partial charge is 0.369 e. The molecular formula is C10H18N2O2. The van der Waals surface area contributed by atoms with Crippen molar-refractivity contribution in [3.05, 3.63) is 0 Å². The molecule has 0 aromatic heterocycles. The van der Waals surface area contributed by atoms with Gasteiger partial charge in [-0.15, -0.1) is 0 Å². The van der Waals surface area contributed by atoms with E-state index in [9.17, 15) is 9.59 Å². The van der Waals surface area contributed by atoms with Crippen LogP contribution in [0.1, 0.15) is 32.6 Å². The molecule has 1 amide bonds. The molecule has 2 unspecified atom stereocenters. The van der Waals surface area contributed by atoms with Gasteiger partial charge < -0.3 is 11.1 Å². The summed E-state index contributed by atoms with van der Waals surface area (Å²) in [5.74, 6) is -1.13. The van der Waals surface area contributed by atoms with Crippen LogP contribution in [0.25, 0.3) is 0 Å². The van der Waals surface area contributed by atoms with Crippen LogP contribution >= 0.6 is 0 Å². The van der Waals surface area contributed by atoms with Crippen molar-refractivity contribution in [2.24, 2.45) is 11.7 Å². The van der Waals surface area contributed by atoms with Crippen molar-refractivity contribution in [1.29, 1.82) is 0 Å². The number of hydrogen-bond acceptors (Lipinski definition) is 3. The maximum absolute atomic E-state index is 11.8. The van der Waals surface area contributed by atoms with E-state index in [-0.39, 0.29) is 11.8 Å². The minimum absolute atomic E-state index is 0.0281. The van der Waals surface area contributed by atoms with Gasteiger partial charge in [0.15, 0.2) is 5.78 Å². The Morgan fingerprint density at radius 3 is 2.64 bits per heavy atom. The number of hydrogen-bond donors (Lipinski definition) is 2. The number of carbonyl (C=O) groups excluding carboxylic acids is 2. The average Bonchev–Trinajstić information content (AvgIpc) is 2.19. The van der Waals surface area contributed by atoms with Crippen molar-refractivity contribution in [2.75, 3.05) is 6.54 Å². The van der Waals surface area contributed by atoms with Crippen molar-refractivity contribution in [1.82, 2.24) is 5.32 Å². The molecule has 0 aromatic carbocycles. The van der Waals surface area contributed by atoms with E-state index in [0.29, 0.717) is 6.42 Å². The third kappa shape index (κ3) is 2.54. The molecule has 2 atom stereocenters. The lowest BCUT2D eigenvalue weighted by Crippen LogP contribution is -2.46. The fraction of sp³-hybridized carbons (Fsp3) is 0.800. The van der Waals surface area contributed by atoms with Crippen LogP contribution in [0.15, 0.2) is 0 Å². The number of Topliss-reactive ketones (excluding diaryl/α,β-unsaturated/α-hetero) is 1. The summed E-state index contributed by atoms with van der Waals surface area (Å²) in [5, 5.41) is 3.13. The Labute approximate surface area is 84.2 Å². The minimum atomic E-state index is -0.606. The van der Waals surface area contributed by atoms with Gasteiger partial charge in [-0.1, -0.05) is 13.3 Å². The maximum atomic E-state index is 11.8. The third-order valence-corrected chi connectivity index (χ3v) is 2.75. The molecule has 4 nitrogen and oxygen atoms in total. The molecule has 3 N–H and O–H groups in total. The van der Waals surface area contributed by atoms with Gasteiger partial charge in [0, 0.05) is 0 Å². The number of piperidine rings is 1. The summed E-state index contributed by atoms with van der Waals surface area (Å²) in [6.45, 7) is 2.68. The highest BCUT2D eigenvalue weighted by atomic mass is 16.2. The molecule has 0 spiro atoms. The lowest BCUT2D eigenvalue weighted by Gasteiger charge is -2.24. The Morgan fingerprint density at radius 1 is 1.50 bits per heavy atom. The topological polar surface area (TPSA) is 72.2 Å². The van der Waals surface area contributed by atoms with Crippen LogP contribution in [0.4, 0.5) is 0 Å². The highest BCUT2D eigenvalue weighted by Crippen LogP contribution is 2.14. The molecule has 0 saturated carbocycles. The summed E-state index contributed by atoms with van der Waals surface area (Å²) < 4.78 is 0. The Hall–Kier alpha value is -0.900. The molecule has 0 bridgehead atoms.